The van der Waals surface area contributed by atoms with E-state index in [1.165, 1.54) is 283 Å². The predicted octanol–water partition coefficient (Wildman–Crippen LogP) is 23.2. The second-order valence-electron chi connectivity index (χ2n) is 25.9. The van der Waals surface area contributed by atoms with Crippen LogP contribution in [0, 0.1) is 0 Å². The average molecular weight is 1190 g/mol. The molecule has 0 aliphatic carbocycles. The molecule has 0 saturated heterocycles. The molecule has 0 radical (unpaired) electrons. The number of aliphatic hydroxyl groups excluding tert-OH is 1. The molecule has 0 aromatic carbocycles. The molecular formula is C74H142N2O6P+. The van der Waals surface area contributed by atoms with E-state index in [2.05, 4.69) is 67.8 Å². The number of hydrogen-bond acceptors (Lipinski definition) is 5. The highest BCUT2D eigenvalue weighted by atomic mass is 31.2. The van der Waals surface area contributed by atoms with Gasteiger partial charge < -0.3 is 19.8 Å². The lowest BCUT2D eigenvalue weighted by Gasteiger charge is -2.25. The summed E-state index contributed by atoms with van der Waals surface area (Å²) in [6.07, 6.45) is 89.6. The van der Waals surface area contributed by atoms with E-state index in [-0.39, 0.29) is 19.1 Å². The summed E-state index contributed by atoms with van der Waals surface area (Å²) < 4.78 is 23.8. The van der Waals surface area contributed by atoms with E-state index in [9.17, 15) is 19.4 Å². The maximum Gasteiger partial charge on any atom is 0.472 e. The zero-order chi connectivity index (χ0) is 60.5. The number of amides is 1. The summed E-state index contributed by atoms with van der Waals surface area (Å²) in [7, 11) is 1.55. The van der Waals surface area contributed by atoms with Crippen molar-refractivity contribution in [2.45, 2.75) is 366 Å². The lowest BCUT2D eigenvalue weighted by Crippen LogP contribution is -2.45. The molecule has 9 heteroatoms. The number of carbonyl (C=O) groups is 1. The van der Waals surface area contributed by atoms with Gasteiger partial charge >= 0.3 is 7.82 Å². The second kappa shape index (κ2) is 64.7. The monoisotopic (exact) mass is 1190 g/mol. The number of carbonyl (C=O) groups excluding carboxylic acids is 1. The van der Waals surface area contributed by atoms with Gasteiger partial charge in [0.05, 0.1) is 39.9 Å². The molecule has 3 unspecified atom stereocenters. The minimum absolute atomic E-state index is 0.0532. The number of phosphoric acid groups is 1. The van der Waals surface area contributed by atoms with Crippen molar-refractivity contribution in [2.24, 2.45) is 0 Å². The fourth-order valence-electron chi connectivity index (χ4n) is 10.8. The van der Waals surface area contributed by atoms with E-state index < -0.39 is 20.0 Å². The van der Waals surface area contributed by atoms with Gasteiger partial charge in [-0.15, -0.1) is 0 Å². The van der Waals surface area contributed by atoms with Gasteiger partial charge in [-0.25, -0.2) is 4.57 Å². The third kappa shape index (κ3) is 67.6. The molecule has 0 aromatic heterocycles. The number of rotatable bonds is 67. The largest absolute Gasteiger partial charge is 0.472 e. The zero-order valence-electron chi connectivity index (χ0n) is 55.9. The quantitative estimate of drug-likeness (QED) is 0.0243. The highest BCUT2D eigenvalue weighted by Gasteiger charge is 2.28. The minimum atomic E-state index is -4.37. The highest BCUT2D eigenvalue weighted by molar-refractivity contribution is 7.47. The highest BCUT2D eigenvalue weighted by Crippen LogP contribution is 2.43. The van der Waals surface area contributed by atoms with E-state index in [1.807, 2.05) is 27.2 Å². The SMILES string of the molecule is CCCCCCCCCCCCCCC/C=C\C/C=C\CCCCCCCCCCCCCCCCCCCC(=O)NC(COP(=O)(O)OCC[N+](C)(C)C)C(O)/C=C/CC/C=C/CC/C=C/CCCCCCCCCCCCCCCC. The number of aliphatic hydroxyl groups is 1. The smallest absolute Gasteiger partial charge is 0.387 e. The van der Waals surface area contributed by atoms with Crippen molar-refractivity contribution in [2.75, 3.05) is 40.9 Å². The molecule has 83 heavy (non-hydrogen) atoms. The molecular weight excluding hydrogens is 1040 g/mol. The minimum Gasteiger partial charge on any atom is -0.387 e. The van der Waals surface area contributed by atoms with Gasteiger partial charge in [0, 0.05) is 6.42 Å². The Hall–Kier alpha value is -1.80. The van der Waals surface area contributed by atoms with Crippen LogP contribution in [0.4, 0.5) is 0 Å². The Bertz CT molecular complexity index is 1540. The Morgan fingerprint density at radius 1 is 0.410 bits per heavy atom. The molecule has 0 bridgehead atoms. The van der Waals surface area contributed by atoms with Crippen LogP contribution >= 0.6 is 7.82 Å². The number of allylic oxidation sites excluding steroid dienone is 9. The van der Waals surface area contributed by atoms with Crippen LogP contribution in [0.25, 0.3) is 0 Å². The number of likely N-dealkylation sites (N-methyl/N-ethyl adjacent to an activating group) is 1. The Labute approximate surface area is 517 Å². The summed E-state index contributed by atoms with van der Waals surface area (Å²) in [4.78, 5) is 23.4. The molecule has 0 spiro atoms. The van der Waals surface area contributed by atoms with Crippen LogP contribution < -0.4 is 5.32 Å². The first-order valence-electron chi connectivity index (χ1n) is 36.2. The molecule has 0 heterocycles. The number of quaternary nitrogens is 1. The molecule has 0 rings (SSSR count). The van der Waals surface area contributed by atoms with Gasteiger partial charge in [-0.05, 0) is 77.0 Å². The summed E-state index contributed by atoms with van der Waals surface area (Å²) in [6.45, 7) is 4.83. The fourth-order valence-corrected chi connectivity index (χ4v) is 11.6. The van der Waals surface area contributed by atoms with Crippen molar-refractivity contribution in [3.8, 4) is 0 Å². The maximum atomic E-state index is 13.0. The second-order valence-corrected chi connectivity index (χ2v) is 27.4. The van der Waals surface area contributed by atoms with Crippen LogP contribution in [-0.2, 0) is 18.4 Å². The van der Waals surface area contributed by atoms with Crippen LogP contribution in [0.2, 0.25) is 0 Å². The third-order valence-corrected chi connectivity index (χ3v) is 17.4. The summed E-state index contributed by atoms with van der Waals surface area (Å²) >= 11 is 0. The van der Waals surface area contributed by atoms with E-state index in [0.29, 0.717) is 17.4 Å². The topological polar surface area (TPSA) is 105 Å². The van der Waals surface area contributed by atoms with Gasteiger partial charge in [0.2, 0.25) is 5.91 Å². The van der Waals surface area contributed by atoms with Crippen LogP contribution in [0.1, 0.15) is 354 Å². The average Bonchev–Trinajstić information content (AvgIpc) is 3.50. The first kappa shape index (κ1) is 81.2. The molecule has 0 saturated carbocycles. The van der Waals surface area contributed by atoms with E-state index >= 15 is 0 Å². The van der Waals surface area contributed by atoms with E-state index in [4.69, 9.17) is 9.05 Å². The summed E-state index contributed by atoms with van der Waals surface area (Å²) in [5, 5.41) is 14.0. The first-order chi connectivity index (χ1) is 40.5. The van der Waals surface area contributed by atoms with Gasteiger partial charge in [0.1, 0.15) is 13.2 Å². The molecule has 488 valence electrons. The van der Waals surface area contributed by atoms with Crippen LogP contribution in [0.3, 0.4) is 0 Å². The normalized spacial score (nSPS) is 14.0. The Morgan fingerprint density at radius 2 is 0.699 bits per heavy atom. The Kier molecular flexibility index (Phi) is 63.3. The lowest BCUT2D eigenvalue weighted by atomic mass is 10.0. The molecule has 0 aliphatic rings. The van der Waals surface area contributed by atoms with Gasteiger partial charge in [0.25, 0.3) is 0 Å². The van der Waals surface area contributed by atoms with Crippen LogP contribution in [0.15, 0.2) is 60.8 Å². The van der Waals surface area contributed by atoms with Crippen LogP contribution in [-0.4, -0.2) is 73.4 Å². The van der Waals surface area contributed by atoms with Crippen molar-refractivity contribution < 1.29 is 32.9 Å². The van der Waals surface area contributed by atoms with Crippen molar-refractivity contribution in [3.63, 3.8) is 0 Å². The summed E-state index contributed by atoms with van der Waals surface area (Å²) in [6, 6.07) is -0.873. The number of nitrogens with one attached hydrogen (secondary N) is 1. The first-order valence-corrected chi connectivity index (χ1v) is 37.7. The molecule has 8 nitrogen and oxygen atoms in total. The maximum absolute atomic E-state index is 13.0. The fraction of sp³-hybridized carbons (Fsp3) is 0.851. The molecule has 1 amide bonds. The summed E-state index contributed by atoms with van der Waals surface area (Å²) in [5.74, 6) is -0.187. The van der Waals surface area contributed by atoms with Gasteiger partial charge in [-0.2, -0.15) is 0 Å². The number of phosphoric ester groups is 1. The number of nitrogens with zero attached hydrogens (tertiary/aromatic N) is 1. The van der Waals surface area contributed by atoms with Gasteiger partial charge in [0.15, 0.2) is 0 Å². The van der Waals surface area contributed by atoms with Crippen LogP contribution in [0.5, 0.6) is 0 Å². The van der Waals surface area contributed by atoms with E-state index in [1.54, 1.807) is 6.08 Å². The predicted molar refractivity (Wildman–Crippen MR) is 364 cm³/mol. The summed E-state index contributed by atoms with van der Waals surface area (Å²) in [5.41, 5.74) is 0. The molecule has 3 N–H and O–H groups in total. The van der Waals surface area contributed by atoms with Crippen molar-refractivity contribution in [1.82, 2.24) is 5.32 Å². The van der Waals surface area contributed by atoms with E-state index in [0.717, 1.165) is 51.4 Å². The standard InChI is InChI=1S/C74H141N2O6P/c1-6-8-10-12-14-16-18-20-22-24-26-28-30-32-33-34-35-36-37-38-39-40-41-42-43-44-46-48-50-52-54-56-58-60-62-64-66-68-74(78)75-72(71-82-83(79,80)81-70-69-76(3,4)5)73(77)67-65-63-61-59-57-55-53-51-49-47-45-31-29-27-25-23-21-19-17-15-13-11-9-7-2/h33-34,36-37,49,51,57,59,65,67,72-73,77H,6-32,35,38-48,50,52-56,58,60-64,66,68-71H2,1-5H3,(H-,75,78,79,80)/p+1/b34-33-,37-36-,51-49+,59-57+,67-65+. The van der Waals surface area contributed by atoms with Crippen molar-refractivity contribution in [1.29, 1.82) is 0 Å². The van der Waals surface area contributed by atoms with Gasteiger partial charge in [-0.3, -0.25) is 13.8 Å². The Morgan fingerprint density at radius 3 is 1.04 bits per heavy atom. The Balaban J connectivity index is 4.05. The van der Waals surface area contributed by atoms with Crippen molar-refractivity contribution >= 4 is 13.7 Å². The third-order valence-electron chi connectivity index (χ3n) is 16.4. The molecule has 0 aliphatic heterocycles. The molecule has 3 atom stereocenters. The van der Waals surface area contributed by atoms with Gasteiger partial charge in [-0.1, -0.05) is 331 Å². The molecule has 0 aromatic rings. The molecule has 0 fully saturated rings. The number of hydrogen-bond donors (Lipinski definition) is 3. The van der Waals surface area contributed by atoms with Crippen molar-refractivity contribution in [3.05, 3.63) is 60.8 Å². The number of unbranched alkanes of at least 4 members (excludes halogenated alkanes) is 46. The zero-order valence-corrected chi connectivity index (χ0v) is 56.8. The lowest BCUT2D eigenvalue weighted by molar-refractivity contribution is -0.870.